The molecule has 0 fully saturated rings. The lowest BCUT2D eigenvalue weighted by Crippen LogP contribution is -2.15. The summed E-state index contributed by atoms with van der Waals surface area (Å²) in [7, 11) is 0. The zero-order valence-electron chi connectivity index (χ0n) is 15.3. The van der Waals surface area contributed by atoms with E-state index in [9.17, 15) is 9.90 Å². The first-order valence-corrected chi connectivity index (χ1v) is 9.64. The third-order valence-electron chi connectivity index (χ3n) is 4.95. The average Bonchev–Trinajstić information content (AvgIpc) is 3.08. The molecule has 0 saturated carbocycles. The number of ether oxygens (including phenoxy) is 2. The summed E-state index contributed by atoms with van der Waals surface area (Å²) in [5, 5.41) is 10.8. The Balaban J connectivity index is 1.92. The van der Waals surface area contributed by atoms with Gasteiger partial charge in [-0.05, 0) is 61.7 Å². The van der Waals surface area contributed by atoms with E-state index in [1.54, 1.807) is 12.1 Å². The number of unbranched alkanes of at least 4 members (excludes halogenated alkanes) is 1. The van der Waals surface area contributed by atoms with Crippen molar-refractivity contribution in [2.24, 2.45) is 5.73 Å². The van der Waals surface area contributed by atoms with E-state index >= 15 is 0 Å². The Morgan fingerprint density at radius 2 is 1.93 bits per heavy atom. The highest BCUT2D eigenvalue weighted by atomic mass is 35.5. The van der Waals surface area contributed by atoms with Crippen molar-refractivity contribution in [2.75, 3.05) is 19.8 Å². The van der Waals surface area contributed by atoms with Gasteiger partial charge >= 0.3 is 5.97 Å². The molecule has 2 aromatic carbocycles. The number of aromatic nitrogens is 1. The van der Waals surface area contributed by atoms with Crippen molar-refractivity contribution in [3.63, 3.8) is 0 Å². The third kappa shape index (κ3) is 3.30. The molecule has 0 atom stereocenters. The number of nitrogens with two attached hydrogens (primary N) is 1. The summed E-state index contributed by atoms with van der Waals surface area (Å²) in [4.78, 5) is 15.2. The van der Waals surface area contributed by atoms with Gasteiger partial charge in [0.15, 0.2) is 11.5 Å². The standard InChI is InChI=1S/C21H21ClN2O4/c22-15-6-5-14(21(25)26)18-13(3-1-2-8-23)19(24-20(15)18)12-4-7-16-17(11-12)28-10-9-27-16/h4-7,11,24H,1-3,8-10,23H2,(H,25,26). The van der Waals surface area contributed by atoms with Crippen LogP contribution in [0.4, 0.5) is 0 Å². The molecule has 0 amide bonds. The maximum absolute atomic E-state index is 11.8. The third-order valence-corrected chi connectivity index (χ3v) is 5.27. The SMILES string of the molecule is NCCCCc1c(-c2ccc3c(c2)OCCO3)[nH]c2c(Cl)ccc(C(=O)O)c12. The molecule has 0 radical (unpaired) electrons. The van der Waals surface area contributed by atoms with Crippen molar-refractivity contribution in [1.82, 2.24) is 4.98 Å². The average molecular weight is 401 g/mol. The van der Waals surface area contributed by atoms with Crippen LogP contribution >= 0.6 is 11.6 Å². The Morgan fingerprint density at radius 3 is 2.68 bits per heavy atom. The summed E-state index contributed by atoms with van der Waals surface area (Å²) < 4.78 is 11.3. The summed E-state index contributed by atoms with van der Waals surface area (Å²) in [5.41, 5.74) is 9.20. The number of aromatic carboxylic acids is 1. The summed E-state index contributed by atoms with van der Waals surface area (Å²) in [6.45, 7) is 1.62. The smallest absolute Gasteiger partial charge is 0.336 e. The predicted octanol–water partition coefficient (Wildman–Crippen LogP) is 4.24. The fourth-order valence-electron chi connectivity index (χ4n) is 3.66. The molecule has 7 heteroatoms. The Labute approximate surface area is 167 Å². The number of halogens is 1. The van der Waals surface area contributed by atoms with E-state index < -0.39 is 5.97 Å². The molecule has 1 aliphatic rings. The molecule has 28 heavy (non-hydrogen) atoms. The lowest BCUT2D eigenvalue weighted by molar-refractivity contribution is 0.0699. The van der Waals surface area contributed by atoms with Gasteiger partial charge in [0, 0.05) is 16.6 Å². The van der Waals surface area contributed by atoms with E-state index in [0.29, 0.717) is 53.6 Å². The number of hydrogen-bond donors (Lipinski definition) is 3. The van der Waals surface area contributed by atoms with Gasteiger partial charge in [-0.3, -0.25) is 0 Å². The number of benzene rings is 2. The van der Waals surface area contributed by atoms with Gasteiger partial charge in [0.05, 0.1) is 16.1 Å². The number of aryl methyl sites for hydroxylation is 1. The Kier molecular flexibility index (Phi) is 5.15. The van der Waals surface area contributed by atoms with Gasteiger partial charge in [-0.2, -0.15) is 0 Å². The lowest BCUT2D eigenvalue weighted by atomic mass is 9.97. The number of fused-ring (bicyclic) bond motifs is 2. The first kappa shape index (κ1) is 18.7. The van der Waals surface area contributed by atoms with Crippen LogP contribution in [0.25, 0.3) is 22.2 Å². The van der Waals surface area contributed by atoms with Crippen molar-refractivity contribution in [3.8, 4) is 22.8 Å². The highest BCUT2D eigenvalue weighted by Gasteiger charge is 2.22. The van der Waals surface area contributed by atoms with Crippen LogP contribution in [0.3, 0.4) is 0 Å². The number of carboxylic acid groups (broad SMARTS) is 1. The first-order valence-electron chi connectivity index (χ1n) is 9.26. The van der Waals surface area contributed by atoms with Gasteiger partial charge in [-0.25, -0.2) is 4.79 Å². The molecular formula is C21H21ClN2O4. The maximum atomic E-state index is 11.8. The first-order chi connectivity index (χ1) is 13.6. The van der Waals surface area contributed by atoms with Crippen molar-refractivity contribution in [3.05, 3.63) is 46.5 Å². The molecule has 6 nitrogen and oxygen atoms in total. The summed E-state index contributed by atoms with van der Waals surface area (Å²) in [6, 6.07) is 8.90. The van der Waals surface area contributed by atoms with Crippen LogP contribution in [0.15, 0.2) is 30.3 Å². The number of aromatic amines is 1. The van der Waals surface area contributed by atoms with Gasteiger partial charge in [-0.1, -0.05) is 11.6 Å². The summed E-state index contributed by atoms with van der Waals surface area (Å²) in [5.74, 6) is 0.411. The molecule has 0 aliphatic carbocycles. The molecule has 2 heterocycles. The van der Waals surface area contributed by atoms with Gasteiger partial charge in [0.1, 0.15) is 13.2 Å². The highest BCUT2D eigenvalue weighted by Crippen LogP contribution is 2.40. The fraction of sp³-hybridized carbons (Fsp3) is 0.286. The predicted molar refractivity (Wildman–Crippen MR) is 109 cm³/mol. The van der Waals surface area contributed by atoms with E-state index in [2.05, 4.69) is 4.98 Å². The molecule has 0 spiro atoms. The minimum absolute atomic E-state index is 0.238. The lowest BCUT2D eigenvalue weighted by Gasteiger charge is -2.19. The molecule has 4 rings (SSSR count). The maximum Gasteiger partial charge on any atom is 0.336 e. The number of carboxylic acids is 1. The number of rotatable bonds is 6. The normalized spacial score (nSPS) is 13.1. The van der Waals surface area contributed by atoms with E-state index in [1.807, 2.05) is 18.2 Å². The second-order valence-corrected chi connectivity index (χ2v) is 7.14. The molecule has 146 valence electrons. The number of hydrogen-bond acceptors (Lipinski definition) is 4. The number of carbonyl (C=O) groups is 1. The zero-order chi connectivity index (χ0) is 19.7. The second-order valence-electron chi connectivity index (χ2n) is 6.73. The monoisotopic (exact) mass is 400 g/mol. The van der Waals surface area contributed by atoms with E-state index in [-0.39, 0.29) is 5.56 Å². The van der Waals surface area contributed by atoms with Gasteiger partial charge in [-0.15, -0.1) is 0 Å². The Morgan fingerprint density at radius 1 is 1.14 bits per heavy atom. The van der Waals surface area contributed by atoms with Crippen LogP contribution in [0.2, 0.25) is 5.02 Å². The van der Waals surface area contributed by atoms with Crippen LogP contribution < -0.4 is 15.2 Å². The van der Waals surface area contributed by atoms with Gasteiger partial charge in [0.25, 0.3) is 0 Å². The zero-order valence-corrected chi connectivity index (χ0v) is 16.0. The topological polar surface area (TPSA) is 97.6 Å². The minimum atomic E-state index is -0.977. The molecule has 1 aliphatic heterocycles. The molecule has 1 aromatic heterocycles. The van der Waals surface area contributed by atoms with Gasteiger partial charge in [0.2, 0.25) is 0 Å². The van der Waals surface area contributed by atoms with Crippen molar-refractivity contribution in [2.45, 2.75) is 19.3 Å². The van der Waals surface area contributed by atoms with E-state index in [4.69, 9.17) is 26.8 Å². The Hall–Kier alpha value is -2.70. The van der Waals surface area contributed by atoms with Crippen LogP contribution in [0, 0.1) is 0 Å². The van der Waals surface area contributed by atoms with Crippen LogP contribution in [-0.2, 0) is 6.42 Å². The quantitative estimate of drug-likeness (QED) is 0.537. The summed E-state index contributed by atoms with van der Waals surface area (Å²) in [6.07, 6.45) is 2.41. The fourth-order valence-corrected chi connectivity index (χ4v) is 3.86. The second kappa shape index (κ2) is 7.73. The molecule has 4 N–H and O–H groups in total. The number of H-pyrrole nitrogens is 1. The summed E-state index contributed by atoms with van der Waals surface area (Å²) >= 11 is 6.39. The van der Waals surface area contributed by atoms with Crippen LogP contribution in [0.1, 0.15) is 28.8 Å². The molecule has 3 aromatic rings. The van der Waals surface area contributed by atoms with E-state index in [1.165, 1.54) is 0 Å². The van der Waals surface area contributed by atoms with Crippen LogP contribution in [0.5, 0.6) is 11.5 Å². The van der Waals surface area contributed by atoms with Crippen molar-refractivity contribution >= 4 is 28.5 Å². The Bertz CT molecular complexity index is 1040. The molecule has 0 unspecified atom stereocenters. The molecule has 0 saturated heterocycles. The minimum Gasteiger partial charge on any atom is -0.486 e. The molecule has 0 bridgehead atoms. The van der Waals surface area contributed by atoms with Gasteiger partial charge < -0.3 is 25.3 Å². The van der Waals surface area contributed by atoms with Crippen molar-refractivity contribution < 1.29 is 19.4 Å². The molecular weight excluding hydrogens is 380 g/mol. The van der Waals surface area contributed by atoms with Crippen molar-refractivity contribution in [1.29, 1.82) is 0 Å². The highest BCUT2D eigenvalue weighted by molar-refractivity contribution is 6.36. The number of nitrogens with one attached hydrogen (secondary N) is 1. The largest absolute Gasteiger partial charge is 0.486 e. The van der Waals surface area contributed by atoms with E-state index in [0.717, 1.165) is 29.7 Å². The van der Waals surface area contributed by atoms with Crippen LogP contribution in [-0.4, -0.2) is 35.8 Å².